The molecule has 0 bridgehead atoms. The third-order valence-corrected chi connectivity index (χ3v) is 2.96. The zero-order chi connectivity index (χ0) is 11.6. The van der Waals surface area contributed by atoms with Crippen LogP contribution in [-0.4, -0.2) is 24.2 Å². The van der Waals surface area contributed by atoms with Crippen LogP contribution in [-0.2, 0) is 16.5 Å². The van der Waals surface area contributed by atoms with Crippen LogP contribution < -0.4 is 0 Å². The van der Waals surface area contributed by atoms with Gasteiger partial charge in [-0.25, -0.2) is 0 Å². The second-order valence-electron chi connectivity index (χ2n) is 3.64. The Morgan fingerprint density at radius 1 is 1.40 bits per heavy atom. The minimum atomic E-state index is -4.21. The van der Waals surface area contributed by atoms with Gasteiger partial charge in [0.2, 0.25) is 0 Å². The van der Waals surface area contributed by atoms with Gasteiger partial charge in [-0.15, -0.1) is 0 Å². The fraction of sp³-hybridized carbons (Fsp3) is 0.400. The van der Waals surface area contributed by atoms with E-state index in [1.165, 1.54) is 6.07 Å². The minimum absolute atomic E-state index is 0.131. The average molecular weight is 230 g/mol. The average Bonchev–Trinajstić information content (AvgIpc) is 1.99. The van der Waals surface area contributed by atoms with Crippen molar-refractivity contribution in [3.63, 3.8) is 0 Å². The van der Waals surface area contributed by atoms with Crippen LogP contribution in [0.5, 0.6) is 0 Å². The molecule has 1 aromatic rings. The fourth-order valence-electron chi connectivity index (χ4n) is 1.44. The van der Waals surface area contributed by atoms with Gasteiger partial charge in [-0.05, 0) is 31.9 Å². The molecular formula is C10H14O4S. The molecule has 0 fully saturated rings. The van der Waals surface area contributed by atoms with Crippen LogP contribution >= 0.6 is 0 Å². The summed E-state index contributed by atoms with van der Waals surface area (Å²) in [6, 6.07) is 4.60. The fourth-order valence-corrected chi connectivity index (χ4v) is 2.15. The van der Waals surface area contributed by atoms with E-state index in [1.54, 1.807) is 19.1 Å². The van der Waals surface area contributed by atoms with E-state index < -0.39 is 16.2 Å². The summed E-state index contributed by atoms with van der Waals surface area (Å²) in [5, 5.41) is 9.21. The highest BCUT2D eigenvalue weighted by molar-refractivity contribution is 7.85. The molecule has 5 heteroatoms. The number of benzene rings is 1. The Labute approximate surface area is 89.3 Å². The molecule has 2 N–H and O–H groups in total. The number of rotatable bonds is 3. The molecule has 0 radical (unpaired) electrons. The molecule has 0 spiro atoms. The largest absolute Gasteiger partial charge is 0.393 e. The molecule has 15 heavy (non-hydrogen) atoms. The summed E-state index contributed by atoms with van der Waals surface area (Å²) < 4.78 is 31.0. The van der Waals surface area contributed by atoms with Gasteiger partial charge in [-0.3, -0.25) is 4.55 Å². The van der Waals surface area contributed by atoms with E-state index in [9.17, 15) is 13.5 Å². The highest BCUT2D eigenvalue weighted by atomic mass is 32.2. The Morgan fingerprint density at radius 2 is 2.00 bits per heavy atom. The van der Waals surface area contributed by atoms with Crippen LogP contribution in [0.15, 0.2) is 23.1 Å². The standard InChI is InChI=1S/C10H14O4S/c1-7-3-4-10(15(12,13)14)9(5-7)6-8(2)11/h3-5,8,11H,6H2,1-2H3,(H,12,13,14)/t8-/m0/s1. The Bertz CT molecular complexity index is 448. The maximum Gasteiger partial charge on any atom is 0.294 e. The van der Waals surface area contributed by atoms with E-state index in [0.29, 0.717) is 5.56 Å². The highest BCUT2D eigenvalue weighted by Crippen LogP contribution is 2.18. The summed E-state index contributed by atoms with van der Waals surface area (Å²) in [4.78, 5) is -0.131. The Morgan fingerprint density at radius 3 is 2.47 bits per heavy atom. The van der Waals surface area contributed by atoms with E-state index in [0.717, 1.165) is 5.56 Å². The van der Waals surface area contributed by atoms with E-state index >= 15 is 0 Å². The maximum absolute atomic E-state index is 11.0. The number of aliphatic hydroxyl groups is 1. The minimum Gasteiger partial charge on any atom is -0.393 e. The van der Waals surface area contributed by atoms with Crippen molar-refractivity contribution in [2.24, 2.45) is 0 Å². The first-order valence-electron chi connectivity index (χ1n) is 4.56. The molecule has 0 unspecified atom stereocenters. The molecular weight excluding hydrogens is 216 g/mol. The van der Waals surface area contributed by atoms with Gasteiger partial charge < -0.3 is 5.11 Å². The first-order valence-corrected chi connectivity index (χ1v) is 6.00. The van der Waals surface area contributed by atoms with E-state index in [2.05, 4.69) is 0 Å². The van der Waals surface area contributed by atoms with Gasteiger partial charge >= 0.3 is 0 Å². The molecule has 1 atom stereocenters. The molecule has 84 valence electrons. The van der Waals surface area contributed by atoms with Crippen molar-refractivity contribution in [1.29, 1.82) is 0 Å². The Balaban J connectivity index is 3.27. The summed E-state index contributed by atoms with van der Waals surface area (Å²) >= 11 is 0. The second-order valence-corrected chi connectivity index (χ2v) is 5.03. The quantitative estimate of drug-likeness (QED) is 0.764. The number of hydrogen-bond donors (Lipinski definition) is 2. The second kappa shape index (κ2) is 4.30. The Hall–Kier alpha value is -0.910. The van der Waals surface area contributed by atoms with E-state index in [-0.39, 0.29) is 11.3 Å². The number of hydrogen-bond acceptors (Lipinski definition) is 3. The monoisotopic (exact) mass is 230 g/mol. The van der Waals surface area contributed by atoms with Crippen molar-refractivity contribution >= 4 is 10.1 Å². The SMILES string of the molecule is Cc1ccc(S(=O)(=O)O)c(C[C@H](C)O)c1. The lowest BCUT2D eigenvalue weighted by Crippen LogP contribution is -2.10. The van der Waals surface area contributed by atoms with Gasteiger partial charge in [0.25, 0.3) is 10.1 Å². The molecule has 0 aliphatic heterocycles. The molecule has 0 saturated carbocycles. The van der Waals surface area contributed by atoms with Gasteiger partial charge in [0.1, 0.15) is 0 Å². The number of aryl methyl sites for hydroxylation is 1. The zero-order valence-corrected chi connectivity index (χ0v) is 9.45. The van der Waals surface area contributed by atoms with Crippen molar-refractivity contribution in [2.75, 3.05) is 0 Å². The lowest BCUT2D eigenvalue weighted by molar-refractivity contribution is 0.194. The van der Waals surface area contributed by atoms with Crippen LogP contribution in [0.25, 0.3) is 0 Å². The van der Waals surface area contributed by atoms with Crippen LogP contribution in [0.1, 0.15) is 18.1 Å². The number of aliphatic hydroxyl groups excluding tert-OH is 1. The highest BCUT2D eigenvalue weighted by Gasteiger charge is 2.16. The molecule has 1 rings (SSSR count). The summed E-state index contributed by atoms with van der Waals surface area (Å²) in [6.45, 7) is 3.38. The first kappa shape index (κ1) is 12.2. The Kier molecular flexibility index (Phi) is 3.49. The lowest BCUT2D eigenvalue weighted by atomic mass is 10.1. The van der Waals surface area contributed by atoms with Crippen molar-refractivity contribution in [3.8, 4) is 0 Å². The van der Waals surface area contributed by atoms with Crippen molar-refractivity contribution in [1.82, 2.24) is 0 Å². The molecule has 4 nitrogen and oxygen atoms in total. The van der Waals surface area contributed by atoms with Crippen LogP contribution in [0, 0.1) is 6.92 Å². The molecule has 0 saturated heterocycles. The van der Waals surface area contributed by atoms with Gasteiger partial charge in [0.05, 0.1) is 11.0 Å². The molecule has 0 aliphatic rings. The predicted molar refractivity (Wildman–Crippen MR) is 56.4 cm³/mol. The van der Waals surface area contributed by atoms with Crippen LogP contribution in [0.2, 0.25) is 0 Å². The molecule has 0 amide bonds. The summed E-state index contributed by atoms with van der Waals surface area (Å²) in [5.41, 5.74) is 1.32. The van der Waals surface area contributed by atoms with Crippen LogP contribution in [0.4, 0.5) is 0 Å². The summed E-state index contributed by atoms with van der Waals surface area (Å²) in [5.74, 6) is 0. The third-order valence-electron chi connectivity index (χ3n) is 2.01. The third kappa shape index (κ3) is 3.30. The van der Waals surface area contributed by atoms with Crippen LogP contribution in [0.3, 0.4) is 0 Å². The van der Waals surface area contributed by atoms with Gasteiger partial charge in [-0.2, -0.15) is 8.42 Å². The lowest BCUT2D eigenvalue weighted by Gasteiger charge is -2.09. The summed E-state index contributed by atoms with van der Waals surface area (Å²) in [6.07, 6.45) is -0.441. The first-order chi connectivity index (χ1) is 6.80. The van der Waals surface area contributed by atoms with E-state index in [1.807, 2.05) is 6.92 Å². The van der Waals surface area contributed by atoms with Gasteiger partial charge in [0.15, 0.2) is 0 Å². The molecule has 1 aromatic carbocycles. The normalized spacial score (nSPS) is 13.9. The topological polar surface area (TPSA) is 74.6 Å². The molecule has 0 heterocycles. The predicted octanol–water partition coefficient (Wildman–Crippen LogP) is 1.17. The van der Waals surface area contributed by atoms with E-state index in [4.69, 9.17) is 4.55 Å². The zero-order valence-electron chi connectivity index (χ0n) is 8.64. The molecule has 0 aromatic heterocycles. The molecule has 0 aliphatic carbocycles. The van der Waals surface area contributed by atoms with Crippen molar-refractivity contribution in [3.05, 3.63) is 29.3 Å². The maximum atomic E-state index is 11.0. The van der Waals surface area contributed by atoms with Gasteiger partial charge in [0, 0.05) is 0 Å². The van der Waals surface area contributed by atoms with Crippen molar-refractivity contribution < 1.29 is 18.1 Å². The summed E-state index contributed by atoms with van der Waals surface area (Å²) in [7, 11) is -4.21. The smallest absolute Gasteiger partial charge is 0.294 e. The van der Waals surface area contributed by atoms with Gasteiger partial charge in [-0.1, -0.05) is 17.7 Å². The van der Waals surface area contributed by atoms with Crippen molar-refractivity contribution in [2.45, 2.75) is 31.3 Å².